The maximum atomic E-state index is 12.6. The molecule has 0 fully saturated rings. The molecule has 3 amide bonds. The molecule has 0 bridgehead atoms. The fourth-order valence-electron chi connectivity index (χ4n) is 2.34. The van der Waals surface area contributed by atoms with E-state index >= 15 is 0 Å². The van der Waals surface area contributed by atoms with Gasteiger partial charge in [-0.15, -0.1) is 0 Å². The number of hydrogen-bond donors (Lipinski definition) is 3. The standard InChI is InChI=1S/C20H24N4O6S2/c1-3-30-19(28)10-22-20(29)16(8-14-4-6-15(7-5-14)23-12-31)24-17(26)9-21-18(27)11-32-13(2)25/h4-7,16H,3,8-11H2,1-2H3,(H,21,27)(H,22,29)(H,24,26)/t16-/m0/s1. The summed E-state index contributed by atoms with van der Waals surface area (Å²) >= 11 is 5.38. The molecule has 0 aromatic heterocycles. The Hall–Kier alpha value is -3.08. The first kappa shape index (κ1) is 27.0. The lowest BCUT2D eigenvalue weighted by atomic mass is 10.0. The van der Waals surface area contributed by atoms with Crippen molar-refractivity contribution in [1.29, 1.82) is 0 Å². The molecule has 0 radical (unpaired) electrons. The summed E-state index contributed by atoms with van der Waals surface area (Å²) < 4.78 is 4.77. The van der Waals surface area contributed by atoms with Crippen molar-refractivity contribution in [3.63, 3.8) is 0 Å². The maximum absolute atomic E-state index is 12.6. The molecule has 0 aliphatic rings. The SMILES string of the molecule is CCOC(=O)CNC(=O)[C@H](Cc1ccc(N=C=S)cc1)NC(=O)CNC(=O)CSC(C)=O. The number of benzene rings is 1. The van der Waals surface area contributed by atoms with E-state index in [1.807, 2.05) is 0 Å². The van der Waals surface area contributed by atoms with Crippen molar-refractivity contribution in [2.75, 3.05) is 25.4 Å². The second-order valence-electron chi connectivity index (χ2n) is 6.27. The zero-order valence-corrected chi connectivity index (χ0v) is 19.3. The van der Waals surface area contributed by atoms with Crippen LogP contribution in [0.1, 0.15) is 19.4 Å². The zero-order valence-electron chi connectivity index (χ0n) is 17.6. The van der Waals surface area contributed by atoms with E-state index in [-0.39, 0.29) is 37.0 Å². The molecule has 1 atom stereocenters. The van der Waals surface area contributed by atoms with E-state index < -0.39 is 29.7 Å². The summed E-state index contributed by atoms with van der Waals surface area (Å²) in [7, 11) is 0. The second kappa shape index (κ2) is 14.8. The molecule has 0 aliphatic heterocycles. The first-order valence-corrected chi connectivity index (χ1v) is 10.9. The van der Waals surface area contributed by atoms with Crippen LogP contribution in [0.25, 0.3) is 0 Å². The predicted octanol–water partition coefficient (Wildman–Crippen LogP) is 0.523. The number of thiocarbonyl (C=S) groups is 1. The summed E-state index contributed by atoms with van der Waals surface area (Å²) in [6, 6.07) is 5.77. The molecule has 0 aliphatic carbocycles. The molecule has 3 N–H and O–H groups in total. The topological polar surface area (TPSA) is 143 Å². The highest BCUT2D eigenvalue weighted by molar-refractivity contribution is 8.14. The number of thioether (sulfide) groups is 1. The molecule has 1 aromatic rings. The molecule has 0 heterocycles. The minimum atomic E-state index is -1.01. The number of isothiocyanates is 1. The Kier molecular flexibility index (Phi) is 12.5. The zero-order chi connectivity index (χ0) is 23.9. The Morgan fingerprint density at radius 2 is 1.78 bits per heavy atom. The second-order valence-corrected chi connectivity index (χ2v) is 7.61. The van der Waals surface area contributed by atoms with Crippen LogP contribution in [-0.4, -0.2) is 65.5 Å². The first-order chi connectivity index (χ1) is 15.2. The average Bonchev–Trinajstić information content (AvgIpc) is 2.75. The van der Waals surface area contributed by atoms with Crippen LogP contribution in [0.2, 0.25) is 0 Å². The maximum Gasteiger partial charge on any atom is 0.325 e. The number of ether oxygens (including phenoxy) is 1. The van der Waals surface area contributed by atoms with Gasteiger partial charge in [0.2, 0.25) is 17.7 Å². The van der Waals surface area contributed by atoms with Crippen LogP contribution in [-0.2, 0) is 35.1 Å². The van der Waals surface area contributed by atoms with Crippen LogP contribution in [0.5, 0.6) is 0 Å². The van der Waals surface area contributed by atoms with E-state index in [0.29, 0.717) is 11.3 Å². The van der Waals surface area contributed by atoms with Crippen molar-refractivity contribution >= 4 is 63.6 Å². The van der Waals surface area contributed by atoms with E-state index in [1.54, 1.807) is 31.2 Å². The molecule has 0 saturated heterocycles. The molecule has 32 heavy (non-hydrogen) atoms. The smallest absolute Gasteiger partial charge is 0.325 e. The number of nitrogens with one attached hydrogen (secondary N) is 3. The van der Waals surface area contributed by atoms with E-state index in [0.717, 1.165) is 11.8 Å². The number of aliphatic imine (C=N–C) groups is 1. The Balaban J connectivity index is 2.77. The van der Waals surface area contributed by atoms with Gasteiger partial charge in [-0.3, -0.25) is 24.0 Å². The van der Waals surface area contributed by atoms with E-state index in [4.69, 9.17) is 4.74 Å². The molecular formula is C20H24N4O6S2. The van der Waals surface area contributed by atoms with Gasteiger partial charge in [0.05, 0.1) is 29.8 Å². The van der Waals surface area contributed by atoms with Crippen molar-refractivity contribution in [2.45, 2.75) is 26.3 Å². The minimum Gasteiger partial charge on any atom is -0.465 e. The van der Waals surface area contributed by atoms with Crippen LogP contribution >= 0.6 is 24.0 Å². The van der Waals surface area contributed by atoms with Gasteiger partial charge < -0.3 is 20.7 Å². The summed E-state index contributed by atoms with van der Waals surface area (Å²) in [5, 5.41) is 9.37. The average molecular weight is 481 g/mol. The fourth-order valence-corrected chi connectivity index (χ4v) is 2.88. The normalized spacial score (nSPS) is 10.8. The summed E-state index contributed by atoms with van der Waals surface area (Å²) in [6.45, 7) is 2.43. The van der Waals surface area contributed by atoms with Crippen molar-refractivity contribution in [1.82, 2.24) is 16.0 Å². The van der Waals surface area contributed by atoms with Gasteiger partial charge in [-0.05, 0) is 36.8 Å². The quantitative estimate of drug-likeness (QED) is 0.223. The van der Waals surface area contributed by atoms with Crippen LogP contribution in [0, 0.1) is 0 Å². The molecule has 1 rings (SSSR count). The third-order valence-corrected chi connectivity index (χ3v) is 4.67. The highest BCUT2D eigenvalue weighted by atomic mass is 32.2. The van der Waals surface area contributed by atoms with Crippen LogP contribution in [0.3, 0.4) is 0 Å². The number of rotatable bonds is 12. The predicted molar refractivity (Wildman–Crippen MR) is 123 cm³/mol. The van der Waals surface area contributed by atoms with Gasteiger partial charge in [-0.2, -0.15) is 4.99 Å². The molecule has 1 aromatic carbocycles. The third-order valence-electron chi connectivity index (χ3n) is 3.77. The Labute approximate surface area is 194 Å². The van der Waals surface area contributed by atoms with Gasteiger partial charge in [-0.1, -0.05) is 23.9 Å². The van der Waals surface area contributed by atoms with Gasteiger partial charge in [0.25, 0.3) is 0 Å². The van der Waals surface area contributed by atoms with E-state index in [1.165, 1.54) is 6.92 Å². The minimum absolute atomic E-state index is 0.109. The lowest BCUT2D eigenvalue weighted by Gasteiger charge is -2.19. The van der Waals surface area contributed by atoms with Gasteiger partial charge in [0.1, 0.15) is 12.6 Å². The molecule has 0 unspecified atom stereocenters. The fraction of sp³-hybridized carbons (Fsp3) is 0.400. The number of hydrogen-bond acceptors (Lipinski definition) is 9. The summed E-state index contributed by atoms with van der Waals surface area (Å²) in [6.07, 6.45) is 0.121. The molecule has 12 heteroatoms. The summed E-state index contributed by atoms with van der Waals surface area (Å²) in [4.78, 5) is 62.8. The van der Waals surface area contributed by atoms with Gasteiger partial charge >= 0.3 is 5.97 Å². The lowest BCUT2D eigenvalue weighted by molar-refractivity contribution is -0.143. The van der Waals surface area contributed by atoms with Crippen LogP contribution in [0.15, 0.2) is 29.3 Å². The van der Waals surface area contributed by atoms with E-state index in [2.05, 4.69) is 38.3 Å². The van der Waals surface area contributed by atoms with Gasteiger partial charge in [-0.25, -0.2) is 0 Å². The lowest BCUT2D eigenvalue weighted by Crippen LogP contribution is -2.51. The van der Waals surface area contributed by atoms with E-state index in [9.17, 15) is 24.0 Å². The molecular weight excluding hydrogens is 456 g/mol. The highest BCUT2D eigenvalue weighted by Crippen LogP contribution is 2.13. The van der Waals surface area contributed by atoms with Gasteiger partial charge in [0.15, 0.2) is 5.12 Å². The largest absolute Gasteiger partial charge is 0.465 e. The highest BCUT2D eigenvalue weighted by Gasteiger charge is 2.22. The summed E-state index contributed by atoms with van der Waals surface area (Å²) in [5.41, 5.74) is 1.30. The number of carbonyl (C=O) groups is 5. The van der Waals surface area contributed by atoms with Crippen molar-refractivity contribution in [2.24, 2.45) is 4.99 Å². The molecule has 172 valence electrons. The molecule has 0 spiro atoms. The Bertz CT molecular complexity index is 885. The van der Waals surface area contributed by atoms with Crippen molar-refractivity contribution in [3.8, 4) is 0 Å². The summed E-state index contributed by atoms with van der Waals surface area (Å²) in [5.74, 6) is -2.40. The number of esters is 1. The number of nitrogens with zero attached hydrogens (tertiary/aromatic N) is 1. The monoisotopic (exact) mass is 480 g/mol. The third kappa shape index (κ3) is 11.3. The van der Waals surface area contributed by atoms with Crippen molar-refractivity contribution < 1.29 is 28.7 Å². The number of carbonyl (C=O) groups excluding carboxylic acids is 5. The van der Waals surface area contributed by atoms with Crippen molar-refractivity contribution in [3.05, 3.63) is 29.8 Å². The van der Waals surface area contributed by atoms with Crippen LogP contribution < -0.4 is 16.0 Å². The van der Waals surface area contributed by atoms with Gasteiger partial charge in [0, 0.05) is 13.3 Å². The Morgan fingerprint density at radius 1 is 1.09 bits per heavy atom. The van der Waals surface area contributed by atoms with Crippen LogP contribution in [0.4, 0.5) is 5.69 Å². The Morgan fingerprint density at radius 3 is 2.38 bits per heavy atom. The molecule has 0 saturated carbocycles. The number of amides is 3. The molecule has 10 nitrogen and oxygen atoms in total. The first-order valence-electron chi connectivity index (χ1n) is 9.54.